The van der Waals surface area contributed by atoms with Gasteiger partial charge in [-0.3, -0.25) is 9.59 Å². The predicted octanol–water partition coefficient (Wildman–Crippen LogP) is 0.592. The summed E-state index contributed by atoms with van der Waals surface area (Å²) < 4.78 is 5.11. The molecule has 2 rings (SSSR count). The highest BCUT2D eigenvalue weighted by Gasteiger charge is 2.50. The standard InChI is InChI=1S/C12H19NO4/c1-17-7-8-3-2-4-13(6-8)11(14)9-5-10(9)12(15)16/h8-10H,2-7H2,1H3,(H,15,16)/t8?,9-,10+/m1/s1. The van der Waals surface area contributed by atoms with Gasteiger partial charge in [0.15, 0.2) is 0 Å². The van der Waals surface area contributed by atoms with Crippen molar-refractivity contribution in [2.75, 3.05) is 26.8 Å². The van der Waals surface area contributed by atoms with E-state index >= 15 is 0 Å². The molecule has 1 aliphatic heterocycles. The number of ether oxygens (including phenoxy) is 1. The van der Waals surface area contributed by atoms with Crippen LogP contribution in [0.1, 0.15) is 19.3 Å². The second-order valence-electron chi connectivity index (χ2n) is 5.03. The first kappa shape index (κ1) is 12.4. The van der Waals surface area contributed by atoms with Crippen LogP contribution in [0.25, 0.3) is 0 Å². The molecule has 1 saturated carbocycles. The van der Waals surface area contributed by atoms with Crippen LogP contribution in [-0.2, 0) is 14.3 Å². The minimum absolute atomic E-state index is 0.0261. The molecule has 2 aliphatic rings. The lowest BCUT2D eigenvalue weighted by Crippen LogP contribution is -2.42. The summed E-state index contributed by atoms with van der Waals surface area (Å²) in [5.41, 5.74) is 0. The van der Waals surface area contributed by atoms with Crippen LogP contribution in [0.3, 0.4) is 0 Å². The number of hydrogen-bond donors (Lipinski definition) is 1. The summed E-state index contributed by atoms with van der Waals surface area (Å²) in [6.45, 7) is 2.16. The van der Waals surface area contributed by atoms with E-state index in [0.717, 1.165) is 25.9 Å². The number of rotatable bonds is 4. The molecule has 0 radical (unpaired) electrons. The summed E-state index contributed by atoms with van der Waals surface area (Å²) in [5, 5.41) is 8.82. The van der Waals surface area contributed by atoms with Gasteiger partial charge in [0.25, 0.3) is 0 Å². The Morgan fingerprint density at radius 2 is 2.18 bits per heavy atom. The first-order valence-electron chi connectivity index (χ1n) is 6.14. The van der Waals surface area contributed by atoms with Crippen molar-refractivity contribution >= 4 is 11.9 Å². The molecule has 0 aromatic carbocycles. The molecule has 2 fully saturated rings. The number of piperidine rings is 1. The Hall–Kier alpha value is -1.10. The number of nitrogens with zero attached hydrogens (tertiary/aromatic N) is 1. The molecule has 1 amide bonds. The van der Waals surface area contributed by atoms with E-state index in [-0.39, 0.29) is 11.8 Å². The van der Waals surface area contributed by atoms with E-state index in [1.54, 1.807) is 7.11 Å². The fraction of sp³-hybridized carbons (Fsp3) is 0.833. The van der Waals surface area contributed by atoms with Gasteiger partial charge in [-0.05, 0) is 25.2 Å². The number of carboxylic acids is 1. The maximum atomic E-state index is 12.0. The summed E-state index contributed by atoms with van der Waals surface area (Å²) in [4.78, 5) is 24.6. The first-order valence-corrected chi connectivity index (χ1v) is 6.14. The van der Waals surface area contributed by atoms with Crippen molar-refractivity contribution in [1.29, 1.82) is 0 Å². The number of carbonyl (C=O) groups is 2. The molecule has 17 heavy (non-hydrogen) atoms. The van der Waals surface area contributed by atoms with E-state index in [1.165, 1.54) is 0 Å². The minimum atomic E-state index is -0.839. The number of hydrogen-bond acceptors (Lipinski definition) is 3. The predicted molar refractivity (Wildman–Crippen MR) is 60.4 cm³/mol. The SMILES string of the molecule is COCC1CCCN(C(=O)[C@@H]2C[C@@H]2C(=O)O)C1. The quantitative estimate of drug-likeness (QED) is 0.782. The number of carbonyl (C=O) groups excluding carboxylic acids is 1. The monoisotopic (exact) mass is 241 g/mol. The maximum absolute atomic E-state index is 12.0. The van der Waals surface area contributed by atoms with E-state index in [1.807, 2.05) is 4.90 Å². The van der Waals surface area contributed by atoms with E-state index in [0.29, 0.717) is 18.9 Å². The van der Waals surface area contributed by atoms with Crippen molar-refractivity contribution in [1.82, 2.24) is 4.90 Å². The van der Waals surface area contributed by atoms with Crippen molar-refractivity contribution in [2.24, 2.45) is 17.8 Å². The molecule has 0 spiro atoms. The molecule has 5 heteroatoms. The average molecular weight is 241 g/mol. The minimum Gasteiger partial charge on any atom is -0.481 e. The van der Waals surface area contributed by atoms with Crippen LogP contribution in [0.4, 0.5) is 0 Å². The third-order valence-corrected chi connectivity index (χ3v) is 3.66. The normalized spacial score (nSPS) is 32.3. The zero-order valence-electron chi connectivity index (χ0n) is 10.1. The molecule has 1 aliphatic carbocycles. The van der Waals surface area contributed by atoms with E-state index in [2.05, 4.69) is 0 Å². The zero-order valence-corrected chi connectivity index (χ0v) is 10.1. The van der Waals surface area contributed by atoms with Crippen molar-refractivity contribution in [2.45, 2.75) is 19.3 Å². The Labute approximate surface area is 101 Å². The topological polar surface area (TPSA) is 66.8 Å². The highest BCUT2D eigenvalue weighted by molar-refractivity contribution is 5.89. The summed E-state index contributed by atoms with van der Waals surface area (Å²) in [6, 6.07) is 0. The fourth-order valence-electron chi connectivity index (χ4n) is 2.61. The number of carboxylic acid groups (broad SMARTS) is 1. The first-order chi connectivity index (χ1) is 8.13. The molecule has 1 N–H and O–H groups in total. The molecular formula is C12H19NO4. The molecule has 0 aromatic heterocycles. The lowest BCUT2D eigenvalue weighted by Gasteiger charge is -2.32. The summed E-state index contributed by atoms with van der Waals surface area (Å²) >= 11 is 0. The number of amides is 1. The number of likely N-dealkylation sites (tertiary alicyclic amines) is 1. The third kappa shape index (κ3) is 2.77. The van der Waals surface area contributed by atoms with Gasteiger partial charge in [-0.25, -0.2) is 0 Å². The molecule has 0 bridgehead atoms. The molecule has 1 unspecified atom stereocenters. The van der Waals surface area contributed by atoms with Gasteiger partial charge in [0.05, 0.1) is 18.4 Å². The summed E-state index contributed by atoms with van der Waals surface area (Å²) in [7, 11) is 1.67. The number of aliphatic carboxylic acids is 1. The Balaban J connectivity index is 1.85. The largest absolute Gasteiger partial charge is 0.481 e. The van der Waals surface area contributed by atoms with Gasteiger partial charge in [0.2, 0.25) is 5.91 Å². The fourth-order valence-corrected chi connectivity index (χ4v) is 2.61. The smallest absolute Gasteiger partial charge is 0.307 e. The molecule has 1 saturated heterocycles. The highest BCUT2D eigenvalue weighted by atomic mass is 16.5. The van der Waals surface area contributed by atoms with Crippen LogP contribution in [0.2, 0.25) is 0 Å². The van der Waals surface area contributed by atoms with Gasteiger partial charge < -0.3 is 14.7 Å². The van der Waals surface area contributed by atoms with Crippen LogP contribution >= 0.6 is 0 Å². The maximum Gasteiger partial charge on any atom is 0.307 e. The van der Waals surface area contributed by atoms with E-state index in [4.69, 9.17) is 9.84 Å². The number of methoxy groups -OCH3 is 1. The third-order valence-electron chi connectivity index (χ3n) is 3.66. The molecular weight excluding hydrogens is 222 g/mol. The van der Waals surface area contributed by atoms with Crippen LogP contribution in [0.15, 0.2) is 0 Å². The van der Waals surface area contributed by atoms with Gasteiger partial charge in [0.1, 0.15) is 0 Å². The summed E-state index contributed by atoms with van der Waals surface area (Å²) in [5.74, 6) is -1.12. The molecule has 0 aromatic rings. The Kier molecular flexibility index (Phi) is 3.66. The van der Waals surface area contributed by atoms with Gasteiger partial charge in [0, 0.05) is 20.2 Å². The van der Waals surface area contributed by atoms with Gasteiger partial charge in [-0.1, -0.05) is 0 Å². The Morgan fingerprint density at radius 1 is 1.41 bits per heavy atom. The van der Waals surface area contributed by atoms with E-state index in [9.17, 15) is 9.59 Å². The van der Waals surface area contributed by atoms with Crippen LogP contribution in [-0.4, -0.2) is 48.7 Å². The molecule has 5 nitrogen and oxygen atoms in total. The van der Waals surface area contributed by atoms with Gasteiger partial charge >= 0.3 is 5.97 Å². The zero-order chi connectivity index (χ0) is 12.4. The Bertz CT molecular complexity index is 316. The average Bonchev–Trinajstić information content (AvgIpc) is 3.09. The van der Waals surface area contributed by atoms with Gasteiger partial charge in [-0.15, -0.1) is 0 Å². The van der Waals surface area contributed by atoms with Crippen molar-refractivity contribution in [3.63, 3.8) is 0 Å². The molecule has 1 heterocycles. The van der Waals surface area contributed by atoms with Crippen molar-refractivity contribution < 1.29 is 19.4 Å². The van der Waals surface area contributed by atoms with Crippen LogP contribution in [0.5, 0.6) is 0 Å². The second-order valence-corrected chi connectivity index (χ2v) is 5.03. The van der Waals surface area contributed by atoms with Crippen molar-refractivity contribution in [3.05, 3.63) is 0 Å². The molecule has 96 valence electrons. The summed E-state index contributed by atoms with van der Waals surface area (Å²) in [6.07, 6.45) is 2.59. The lowest BCUT2D eigenvalue weighted by molar-refractivity contribution is -0.142. The van der Waals surface area contributed by atoms with Crippen LogP contribution in [0, 0.1) is 17.8 Å². The second kappa shape index (κ2) is 5.04. The van der Waals surface area contributed by atoms with Crippen LogP contribution < -0.4 is 0 Å². The Morgan fingerprint density at radius 3 is 2.76 bits per heavy atom. The van der Waals surface area contributed by atoms with Gasteiger partial charge in [-0.2, -0.15) is 0 Å². The lowest BCUT2D eigenvalue weighted by atomic mass is 9.98. The van der Waals surface area contributed by atoms with E-state index < -0.39 is 11.9 Å². The molecule has 3 atom stereocenters. The van der Waals surface area contributed by atoms with Crippen molar-refractivity contribution in [3.8, 4) is 0 Å². The highest BCUT2D eigenvalue weighted by Crippen LogP contribution is 2.40.